The van der Waals surface area contributed by atoms with Gasteiger partial charge in [-0.2, -0.15) is 0 Å². The lowest BCUT2D eigenvalue weighted by Crippen LogP contribution is -2.36. The molecule has 1 saturated carbocycles. The second kappa shape index (κ2) is 11.9. The highest BCUT2D eigenvalue weighted by atomic mass is 19.1. The van der Waals surface area contributed by atoms with Gasteiger partial charge >= 0.3 is 6.03 Å². The van der Waals surface area contributed by atoms with Gasteiger partial charge in [-0.1, -0.05) is 26.2 Å². The van der Waals surface area contributed by atoms with Gasteiger partial charge in [0.05, 0.1) is 17.4 Å². The minimum absolute atomic E-state index is 0.0269. The van der Waals surface area contributed by atoms with Crippen molar-refractivity contribution < 1.29 is 18.7 Å². The molecule has 9 heteroatoms. The maximum atomic E-state index is 15.1. The molecule has 1 aliphatic rings. The predicted molar refractivity (Wildman–Crippen MR) is 141 cm³/mol. The minimum Gasteiger partial charge on any atom is -0.490 e. The van der Waals surface area contributed by atoms with E-state index in [4.69, 9.17) is 15.9 Å². The molecule has 0 aromatic heterocycles. The number of nitrogen functional groups attached to an aromatic ring is 1. The quantitative estimate of drug-likeness (QED) is 0.208. The van der Waals surface area contributed by atoms with Crippen LogP contribution in [0.2, 0.25) is 0 Å². The molecular weight excluding hydrogens is 461 g/mol. The van der Waals surface area contributed by atoms with Crippen molar-refractivity contribution in [2.45, 2.75) is 65.4 Å². The van der Waals surface area contributed by atoms with Crippen LogP contribution >= 0.6 is 0 Å². The molecule has 0 saturated heterocycles. The Morgan fingerprint density at radius 1 is 1.17 bits per heavy atom. The van der Waals surface area contributed by atoms with Crippen molar-refractivity contribution in [3.63, 3.8) is 0 Å². The summed E-state index contributed by atoms with van der Waals surface area (Å²) in [6.45, 7) is 5.53. The molecule has 0 spiro atoms. The van der Waals surface area contributed by atoms with Crippen molar-refractivity contribution >= 4 is 34.8 Å². The Morgan fingerprint density at radius 3 is 2.50 bits per heavy atom. The van der Waals surface area contributed by atoms with Crippen LogP contribution in [0.15, 0.2) is 30.3 Å². The topological polar surface area (TPSA) is 121 Å². The molecule has 2 aromatic carbocycles. The maximum Gasteiger partial charge on any atom is 0.327 e. The number of hydrogen-bond donors (Lipinski definition) is 4. The molecule has 1 unspecified atom stereocenters. The van der Waals surface area contributed by atoms with Crippen LogP contribution in [0.5, 0.6) is 5.75 Å². The predicted octanol–water partition coefficient (Wildman–Crippen LogP) is 6.17. The highest BCUT2D eigenvalue weighted by Gasteiger charge is 2.26. The van der Waals surface area contributed by atoms with Gasteiger partial charge in [-0.3, -0.25) is 15.1 Å². The van der Waals surface area contributed by atoms with Crippen LogP contribution in [0.4, 0.5) is 26.2 Å². The van der Waals surface area contributed by atoms with E-state index < -0.39 is 17.8 Å². The Balaban J connectivity index is 1.93. The Morgan fingerprint density at radius 2 is 1.86 bits per heavy atom. The second-order valence-electron chi connectivity index (χ2n) is 9.37. The largest absolute Gasteiger partial charge is 0.490 e. The fourth-order valence-corrected chi connectivity index (χ4v) is 4.40. The van der Waals surface area contributed by atoms with Crippen molar-refractivity contribution in [3.8, 4) is 5.75 Å². The fourth-order valence-electron chi connectivity index (χ4n) is 4.40. The third-order valence-corrected chi connectivity index (χ3v) is 6.73. The lowest BCUT2D eigenvalue weighted by Gasteiger charge is -2.29. The zero-order chi connectivity index (χ0) is 26.4. The second-order valence-corrected chi connectivity index (χ2v) is 9.37. The van der Waals surface area contributed by atoms with Crippen molar-refractivity contribution in [2.75, 3.05) is 23.4 Å². The number of nitrogens with two attached hydrogens (primary N) is 1. The molecular formula is C27H36FN5O3. The summed E-state index contributed by atoms with van der Waals surface area (Å²) in [5.41, 5.74) is 7.61. The number of nitrogens with one attached hydrogen (secondary N) is 3. The zero-order valence-electron chi connectivity index (χ0n) is 21.4. The van der Waals surface area contributed by atoms with Crippen molar-refractivity contribution in [1.82, 2.24) is 4.90 Å². The first-order valence-corrected chi connectivity index (χ1v) is 12.4. The van der Waals surface area contributed by atoms with Gasteiger partial charge in [0.25, 0.3) is 5.91 Å². The van der Waals surface area contributed by atoms with E-state index in [9.17, 15) is 9.59 Å². The van der Waals surface area contributed by atoms with E-state index in [1.54, 1.807) is 25.1 Å². The SMILES string of the molecule is CCC(=N)N(C)C(=O)Nc1cc(OC(C)C2CCCCC2)c(C(=O)Nc2ccc(N)cc2C)cc1F. The van der Waals surface area contributed by atoms with E-state index >= 15 is 4.39 Å². The van der Waals surface area contributed by atoms with Gasteiger partial charge in [-0.25, -0.2) is 9.18 Å². The number of carbonyl (C=O) groups excluding carboxylic acids is 2. The molecule has 0 aliphatic heterocycles. The van der Waals surface area contributed by atoms with Crippen LogP contribution in [0.25, 0.3) is 0 Å². The first-order valence-electron chi connectivity index (χ1n) is 12.4. The Bertz CT molecular complexity index is 1130. The van der Waals surface area contributed by atoms with Gasteiger partial charge in [0, 0.05) is 30.9 Å². The molecule has 5 N–H and O–H groups in total. The number of urea groups is 1. The van der Waals surface area contributed by atoms with Crippen LogP contribution in [0.1, 0.15) is 68.3 Å². The number of anilines is 3. The van der Waals surface area contributed by atoms with Gasteiger partial charge < -0.3 is 21.1 Å². The van der Waals surface area contributed by atoms with Crippen molar-refractivity contribution in [2.24, 2.45) is 5.92 Å². The van der Waals surface area contributed by atoms with Crippen molar-refractivity contribution in [3.05, 3.63) is 47.3 Å². The first kappa shape index (κ1) is 27.0. The molecule has 3 amide bonds. The number of aryl methyl sites for hydroxylation is 1. The zero-order valence-corrected chi connectivity index (χ0v) is 21.4. The number of halogens is 1. The monoisotopic (exact) mass is 497 g/mol. The number of rotatable bonds is 7. The van der Waals surface area contributed by atoms with Crippen LogP contribution in [-0.4, -0.2) is 35.8 Å². The van der Waals surface area contributed by atoms with Crippen LogP contribution in [0, 0.1) is 24.1 Å². The third kappa shape index (κ3) is 6.53. The van der Waals surface area contributed by atoms with E-state index in [1.165, 1.54) is 19.5 Å². The molecule has 2 aromatic rings. The molecule has 1 aliphatic carbocycles. The van der Waals surface area contributed by atoms with E-state index in [1.807, 2.05) is 13.8 Å². The number of ether oxygens (including phenoxy) is 1. The normalized spacial score (nSPS) is 14.6. The summed E-state index contributed by atoms with van der Waals surface area (Å²) in [5.74, 6) is -0.714. The summed E-state index contributed by atoms with van der Waals surface area (Å²) >= 11 is 0. The van der Waals surface area contributed by atoms with Gasteiger partial charge in [-0.15, -0.1) is 0 Å². The standard InChI is InChI=1S/C27H36FN5O3/c1-5-25(30)33(4)27(35)32-23-15-24(36-17(3)18-9-7-6-8-10-18)20(14-21(23)28)26(34)31-22-12-11-19(29)13-16(22)2/h11-15,17-18,30H,5-10,29H2,1-4H3,(H,31,34)(H,32,35). The van der Waals surface area contributed by atoms with E-state index in [2.05, 4.69) is 10.6 Å². The van der Waals surface area contributed by atoms with E-state index in [-0.39, 0.29) is 28.9 Å². The van der Waals surface area contributed by atoms with Gasteiger partial charge in [0.15, 0.2) is 0 Å². The molecule has 1 atom stereocenters. The van der Waals surface area contributed by atoms with E-state index in [0.717, 1.165) is 42.2 Å². The molecule has 0 bridgehead atoms. The van der Waals surface area contributed by atoms with Gasteiger partial charge in [0.2, 0.25) is 0 Å². The number of hydrogen-bond acceptors (Lipinski definition) is 5. The smallest absolute Gasteiger partial charge is 0.327 e. The van der Waals surface area contributed by atoms with Crippen LogP contribution < -0.4 is 21.1 Å². The molecule has 1 fully saturated rings. The summed E-state index contributed by atoms with van der Waals surface area (Å²) in [5, 5.41) is 13.2. The molecule has 8 nitrogen and oxygen atoms in total. The maximum absolute atomic E-state index is 15.1. The summed E-state index contributed by atoms with van der Waals surface area (Å²) in [6, 6.07) is 6.88. The Hall–Kier alpha value is -3.62. The average Bonchev–Trinajstić information content (AvgIpc) is 2.86. The Labute approximate surface area is 211 Å². The first-order chi connectivity index (χ1) is 17.1. The molecule has 0 radical (unpaired) electrons. The van der Waals surface area contributed by atoms with Gasteiger partial charge in [-0.05, 0) is 62.4 Å². The summed E-state index contributed by atoms with van der Waals surface area (Å²) in [4.78, 5) is 26.9. The molecule has 36 heavy (non-hydrogen) atoms. The highest BCUT2D eigenvalue weighted by molar-refractivity contribution is 6.07. The number of amides is 3. The number of benzene rings is 2. The fraction of sp³-hybridized carbons (Fsp3) is 0.444. The number of nitrogens with zero attached hydrogens (tertiary/aromatic N) is 1. The average molecular weight is 498 g/mol. The molecule has 3 rings (SSSR count). The highest BCUT2D eigenvalue weighted by Crippen LogP contribution is 2.33. The Kier molecular flexibility index (Phi) is 8.90. The van der Waals surface area contributed by atoms with Crippen LogP contribution in [-0.2, 0) is 0 Å². The number of amidine groups is 1. The summed E-state index contributed by atoms with van der Waals surface area (Å²) in [7, 11) is 1.44. The minimum atomic E-state index is -0.781. The van der Waals surface area contributed by atoms with Gasteiger partial charge in [0.1, 0.15) is 17.4 Å². The molecule has 0 heterocycles. The summed E-state index contributed by atoms with van der Waals surface area (Å²) in [6.07, 6.45) is 5.67. The van der Waals surface area contributed by atoms with Crippen molar-refractivity contribution in [1.29, 1.82) is 5.41 Å². The summed E-state index contributed by atoms with van der Waals surface area (Å²) < 4.78 is 21.4. The number of carbonyl (C=O) groups is 2. The third-order valence-electron chi connectivity index (χ3n) is 6.73. The van der Waals surface area contributed by atoms with E-state index in [0.29, 0.717) is 23.7 Å². The lowest BCUT2D eigenvalue weighted by molar-refractivity contribution is 0.0997. The van der Waals surface area contributed by atoms with Crippen LogP contribution in [0.3, 0.4) is 0 Å². The molecule has 194 valence electrons. The lowest BCUT2D eigenvalue weighted by atomic mass is 9.86.